The lowest BCUT2D eigenvalue weighted by Crippen LogP contribution is -2.38. The van der Waals surface area contributed by atoms with Crippen molar-refractivity contribution in [1.82, 2.24) is 20.2 Å². The first kappa shape index (κ1) is 20.1. The van der Waals surface area contributed by atoms with E-state index in [4.69, 9.17) is 0 Å². The van der Waals surface area contributed by atoms with Gasteiger partial charge in [0, 0.05) is 54.4 Å². The van der Waals surface area contributed by atoms with Gasteiger partial charge in [0.2, 0.25) is 5.91 Å². The van der Waals surface area contributed by atoms with Gasteiger partial charge in [0.15, 0.2) is 0 Å². The van der Waals surface area contributed by atoms with Gasteiger partial charge >= 0.3 is 0 Å². The number of nitrogens with zero attached hydrogens (tertiary/aromatic N) is 2. The molecule has 2 amide bonds. The van der Waals surface area contributed by atoms with Crippen molar-refractivity contribution in [3.63, 3.8) is 0 Å². The number of pyridine rings is 1. The van der Waals surface area contributed by atoms with Crippen molar-refractivity contribution in [1.29, 1.82) is 0 Å². The van der Waals surface area contributed by atoms with Crippen LogP contribution >= 0.6 is 0 Å². The van der Waals surface area contributed by atoms with Gasteiger partial charge in [-0.3, -0.25) is 14.6 Å². The Balaban J connectivity index is 1.46. The fourth-order valence-corrected chi connectivity index (χ4v) is 4.11. The lowest BCUT2D eigenvalue weighted by atomic mass is 10.1. The molecule has 2 atom stereocenters. The Labute approximate surface area is 174 Å². The molecule has 1 aliphatic rings. The maximum absolute atomic E-state index is 14.8. The zero-order chi connectivity index (χ0) is 21.3. The zero-order valence-corrected chi connectivity index (χ0v) is 17.1. The topological polar surface area (TPSA) is 78.1 Å². The summed E-state index contributed by atoms with van der Waals surface area (Å²) < 4.78 is 14.8. The van der Waals surface area contributed by atoms with E-state index in [0.717, 1.165) is 24.8 Å². The molecule has 0 spiro atoms. The van der Waals surface area contributed by atoms with E-state index in [9.17, 15) is 14.0 Å². The van der Waals surface area contributed by atoms with Crippen LogP contribution in [-0.2, 0) is 4.79 Å². The quantitative estimate of drug-likeness (QED) is 0.672. The molecule has 0 radical (unpaired) electrons. The van der Waals surface area contributed by atoms with Crippen molar-refractivity contribution in [3.8, 4) is 11.3 Å². The lowest BCUT2D eigenvalue weighted by molar-refractivity contribution is -0.121. The highest BCUT2D eigenvalue weighted by molar-refractivity contribution is 5.94. The predicted molar refractivity (Wildman–Crippen MR) is 113 cm³/mol. The molecule has 3 aromatic rings. The second kappa shape index (κ2) is 8.26. The molecular formula is C23H25FN4O2. The number of H-pyrrole nitrogens is 1. The molecule has 0 aliphatic heterocycles. The predicted octanol–water partition coefficient (Wildman–Crippen LogP) is 3.89. The Morgan fingerprint density at radius 2 is 2.07 bits per heavy atom. The molecule has 1 saturated carbocycles. The molecule has 1 aromatic carbocycles. The van der Waals surface area contributed by atoms with Gasteiger partial charge in [-0.1, -0.05) is 6.92 Å². The average molecular weight is 408 g/mol. The maximum Gasteiger partial charge on any atom is 0.255 e. The number of halogens is 1. The highest BCUT2D eigenvalue weighted by Gasteiger charge is 2.31. The van der Waals surface area contributed by atoms with E-state index < -0.39 is 0 Å². The first-order valence-corrected chi connectivity index (χ1v) is 10.3. The van der Waals surface area contributed by atoms with E-state index in [0.29, 0.717) is 28.6 Å². The lowest BCUT2D eigenvalue weighted by Gasteiger charge is -2.25. The maximum atomic E-state index is 14.8. The molecule has 1 aliphatic carbocycles. The first-order valence-electron chi connectivity index (χ1n) is 10.3. The second-order valence-electron chi connectivity index (χ2n) is 7.80. The number of hydrogen-bond donors (Lipinski definition) is 2. The van der Waals surface area contributed by atoms with Crippen LogP contribution in [0.2, 0.25) is 0 Å². The molecule has 0 bridgehead atoms. The number of amides is 2. The molecular weight excluding hydrogens is 383 g/mol. The number of hydrogen-bond acceptors (Lipinski definition) is 3. The van der Waals surface area contributed by atoms with Crippen LogP contribution in [-0.4, -0.2) is 45.8 Å². The fourth-order valence-electron chi connectivity index (χ4n) is 4.11. The van der Waals surface area contributed by atoms with E-state index >= 15 is 0 Å². The van der Waals surface area contributed by atoms with Gasteiger partial charge in [0.05, 0.1) is 11.3 Å². The van der Waals surface area contributed by atoms with Crippen molar-refractivity contribution >= 4 is 22.7 Å². The molecule has 4 rings (SSSR count). The molecule has 2 N–H and O–H groups in total. The summed E-state index contributed by atoms with van der Waals surface area (Å²) in [5.74, 6) is -0.411. The third kappa shape index (κ3) is 3.79. The monoisotopic (exact) mass is 408 g/mol. The van der Waals surface area contributed by atoms with Gasteiger partial charge in [0.1, 0.15) is 5.82 Å². The van der Waals surface area contributed by atoms with Crippen molar-refractivity contribution in [2.24, 2.45) is 0 Å². The van der Waals surface area contributed by atoms with Crippen molar-refractivity contribution in [2.75, 3.05) is 7.05 Å². The van der Waals surface area contributed by atoms with Crippen LogP contribution in [0.3, 0.4) is 0 Å². The van der Waals surface area contributed by atoms with Crippen LogP contribution in [0.5, 0.6) is 0 Å². The molecule has 1 fully saturated rings. The number of carbonyl (C=O) groups excluding carboxylic acids is 2. The Bertz CT molecular complexity index is 1080. The Hall–Kier alpha value is -3.22. The normalized spacial score (nSPS) is 18.5. The minimum Gasteiger partial charge on any atom is -0.361 e. The summed E-state index contributed by atoms with van der Waals surface area (Å²) in [6, 6.07) is 8.75. The number of nitrogens with one attached hydrogen (secondary N) is 2. The second-order valence-corrected chi connectivity index (χ2v) is 7.80. The van der Waals surface area contributed by atoms with Crippen molar-refractivity contribution in [2.45, 2.75) is 44.7 Å². The van der Waals surface area contributed by atoms with E-state index in [1.807, 2.05) is 13.0 Å². The summed E-state index contributed by atoms with van der Waals surface area (Å²) >= 11 is 0. The molecule has 156 valence electrons. The molecule has 2 aromatic heterocycles. The van der Waals surface area contributed by atoms with Gasteiger partial charge in [-0.2, -0.15) is 0 Å². The van der Waals surface area contributed by atoms with E-state index in [-0.39, 0.29) is 29.7 Å². The molecule has 30 heavy (non-hydrogen) atoms. The van der Waals surface area contributed by atoms with Crippen LogP contribution < -0.4 is 5.32 Å². The SMILES string of the molecule is CCC(=O)NC1CCC(N(C)C(=O)c2ccc(-c3ccc4[nH]ccc4c3F)nc2)C1. The van der Waals surface area contributed by atoms with Crippen LogP contribution in [0.1, 0.15) is 43.0 Å². The van der Waals surface area contributed by atoms with Crippen LogP contribution in [0.15, 0.2) is 42.7 Å². The Morgan fingerprint density at radius 1 is 1.23 bits per heavy atom. The molecule has 2 unspecified atom stereocenters. The van der Waals surface area contributed by atoms with Gasteiger partial charge < -0.3 is 15.2 Å². The third-order valence-corrected chi connectivity index (χ3v) is 5.91. The van der Waals surface area contributed by atoms with E-state index in [1.54, 1.807) is 42.4 Å². The highest BCUT2D eigenvalue weighted by Crippen LogP contribution is 2.28. The fraction of sp³-hybridized carbons (Fsp3) is 0.348. The summed E-state index contributed by atoms with van der Waals surface area (Å²) in [5.41, 5.74) is 2.08. The third-order valence-electron chi connectivity index (χ3n) is 5.91. The van der Waals surface area contributed by atoms with Crippen molar-refractivity contribution < 1.29 is 14.0 Å². The van der Waals surface area contributed by atoms with Gasteiger partial charge in [-0.25, -0.2) is 4.39 Å². The molecule has 6 nitrogen and oxygen atoms in total. The smallest absolute Gasteiger partial charge is 0.255 e. The zero-order valence-electron chi connectivity index (χ0n) is 17.1. The highest BCUT2D eigenvalue weighted by atomic mass is 19.1. The summed E-state index contributed by atoms with van der Waals surface area (Å²) in [5, 5.41) is 3.52. The van der Waals surface area contributed by atoms with Crippen LogP contribution in [0.25, 0.3) is 22.2 Å². The number of carbonyl (C=O) groups is 2. The number of fused-ring (bicyclic) bond motifs is 1. The minimum absolute atomic E-state index is 0.0412. The molecule has 2 heterocycles. The molecule has 0 saturated heterocycles. The van der Waals surface area contributed by atoms with Crippen LogP contribution in [0, 0.1) is 5.82 Å². The van der Waals surface area contributed by atoms with Gasteiger partial charge in [0.25, 0.3) is 5.91 Å². The van der Waals surface area contributed by atoms with Gasteiger partial charge in [-0.15, -0.1) is 0 Å². The summed E-state index contributed by atoms with van der Waals surface area (Å²) in [7, 11) is 1.78. The summed E-state index contributed by atoms with van der Waals surface area (Å²) in [6.07, 6.45) is 6.13. The summed E-state index contributed by atoms with van der Waals surface area (Å²) in [4.78, 5) is 33.5. The minimum atomic E-state index is -0.330. The Morgan fingerprint density at radius 3 is 2.80 bits per heavy atom. The average Bonchev–Trinajstić information content (AvgIpc) is 3.43. The van der Waals surface area contributed by atoms with Crippen molar-refractivity contribution in [3.05, 3.63) is 54.1 Å². The number of rotatable bonds is 5. The largest absolute Gasteiger partial charge is 0.361 e. The van der Waals surface area contributed by atoms with Gasteiger partial charge in [-0.05, 0) is 49.6 Å². The van der Waals surface area contributed by atoms with E-state index in [2.05, 4.69) is 15.3 Å². The Kier molecular flexibility index (Phi) is 5.53. The number of benzene rings is 1. The first-order chi connectivity index (χ1) is 14.5. The standard InChI is InChI=1S/C23H25FN4O2/c1-3-21(29)27-15-5-6-16(12-15)28(2)23(30)14-4-8-20(26-13-14)17-7-9-19-18(22(17)24)10-11-25-19/h4,7-11,13,15-16,25H,3,5-6,12H2,1-2H3,(H,27,29). The number of aromatic amines is 1. The summed E-state index contributed by atoms with van der Waals surface area (Å²) in [6.45, 7) is 1.83. The van der Waals surface area contributed by atoms with E-state index in [1.165, 1.54) is 6.20 Å². The number of aromatic nitrogens is 2. The molecule has 7 heteroatoms. The van der Waals surface area contributed by atoms with Crippen LogP contribution in [0.4, 0.5) is 4.39 Å².